The van der Waals surface area contributed by atoms with Crippen LogP contribution in [0.2, 0.25) is 0 Å². The van der Waals surface area contributed by atoms with E-state index in [0.29, 0.717) is 30.5 Å². The third-order valence-electron chi connectivity index (χ3n) is 3.43. The summed E-state index contributed by atoms with van der Waals surface area (Å²) in [5.74, 6) is 1.62. The van der Waals surface area contributed by atoms with Crippen molar-refractivity contribution >= 4 is 39.5 Å². The van der Waals surface area contributed by atoms with E-state index in [9.17, 15) is 14.0 Å². The molecule has 1 saturated heterocycles. The molecule has 12 nitrogen and oxygen atoms in total. The summed E-state index contributed by atoms with van der Waals surface area (Å²) in [7, 11) is -9.94. The van der Waals surface area contributed by atoms with Crippen LogP contribution in [0.1, 0.15) is 24.7 Å². The number of nitrogens with two attached hydrogens (primary N) is 1. The van der Waals surface area contributed by atoms with Crippen molar-refractivity contribution in [1.82, 2.24) is 14.9 Å². The monoisotopic (exact) mass is 470 g/mol. The third kappa shape index (κ3) is 9.37. The fraction of sp³-hybridized carbons (Fsp3) is 0.500. The Bertz CT molecular complexity index is 821. The van der Waals surface area contributed by atoms with Crippen LogP contribution < -0.4 is 5.73 Å². The lowest BCUT2D eigenvalue weighted by atomic mass is 10.2. The van der Waals surface area contributed by atoms with Crippen molar-refractivity contribution in [3.05, 3.63) is 29.9 Å². The van der Waals surface area contributed by atoms with Crippen molar-refractivity contribution in [1.29, 1.82) is 0 Å². The first-order valence-electron chi connectivity index (χ1n) is 8.16. The van der Waals surface area contributed by atoms with Gasteiger partial charge in [0.1, 0.15) is 17.9 Å². The second-order valence-electron chi connectivity index (χ2n) is 5.70. The number of thioether (sulfide) groups is 1. The van der Waals surface area contributed by atoms with Crippen LogP contribution in [-0.2, 0) is 29.3 Å². The molecule has 2 atom stereocenters. The van der Waals surface area contributed by atoms with Gasteiger partial charge in [0, 0.05) is 29.3 Å². The molecule has 1 fully saturated rings. The van der Waals surface area contributed by atoms with Gasteiger partial charge in [-0.25, -0.2) is 19.1 Å². The Morgan fingerprint density at radius 3 is 2.62 bits per heavy atom. The summed E-state index contributed by atoms with van der Waals surface area (Å²) in [6, 6.07) is 0. The molecule has 0 spiro atoms. The molecule has 1 aromatic heterocycles. The number of phosphoric ester groups is 1. The van der Waals surface area contributed by atoms with E-state index in [1.165, 1.54) is 6.92 Å². The Kier molecular flexibility index (Phi) is 9.93. The molecule has 0 amide bonds. The van der Waals surface area contributed by atoms with Gasteiger partial charge in [-0.15, -0.1) is 11.8 Å². The van der Waals surface area contributed by atoms with Gasteiger partial charge in [-0.2, -0.15) is 4.31 Å². The molecule has 2 heterocycles. The van der Waals surface area contributed by atoms with Crippen LogP contribution in [-0.4, -0.2) is 53.6 Å². The first-order chi connectivity index (χ1) is 13.4. The number of aromatic nitrogens is 2. The van der Waals surface area contributed by atoms with Crippen molar-refractivity contribution < 1.29 is 37.4 Å². The first-order valence-corrected chi connectivity index (χ1v) is 12.2. The molecule has 29 heavy (non-hydrogen) atoms. The third-order valence-corrected chi connectivity index (χ3v) is 6.99. The molecule has 1 unspecified atom stereocenters. The highest BCUT2D eigenvalue weighted by molar-refractivity contribution is 8.00. The summed E-state index contributed by atoms with van der Waals surface area (Å²) in [4.78, 5) is 45.4. The second-order valence-corrected chi connectivity index (χ2v) is 9.69. The van der Waals surface area contributed by atoms with Crippen LogP contribution in [0.4, 0.5) is 5.82 Å². The highest BCUT2D eigenvalue weighted by Gasteiger charge is 2.33. The van der Waals surface area contributed by atoms with Crippen LogP contribution in [0.5, 0.6) is 0 Å². The minimum Gasteiger partial charge on any atom is -0.383 e. The van der Waals surface area contributed by atoms with Gasteiger partial charge >= 0.3 is 15.6 Å². The molecule has 0 bridgehead atoms. The molecule has 0 aromatic carbocycles. The Hall–Kier alpha value is -1.30. The topological polar surface area (TPSA) is 185 Å². The summed E-state index contributed by atoms with van der Waals surface area (Å²) in [6.07, 6.45) is 2.72. The van der Waals surface area contributed by atoms with Gasteiger partial charge in [-0.3, -0.25) is 4.52 Å². The lowest BCUT2D eigenvalue weighted by Gasteiger charge is -2.21. The molecular weight excluding hydrogens is 446 g/mol. The largest absolute Gasteiger partial charge is 0.481 e. The molecule has 1 aromatic rings. The summed E-state index contributed by atoms with van der Waals surface area (Å²) >= 11 is 1.55. The highest BCUT2D eigenvalue weighted by Crippen LogP contribution is 2.57. The Morgan fingerprint density at radius 2 is 2.07 bits per heavy atom. The van der Waals surface area contributed by atoms with Gasteiger partial charge in [-0.1, -0.05) is 6.58 Å². The zero-order valence-electron chi connectivity index (χ0n) is 15.9. The van der Waals surface area contributed by atoms with Crippen LogP contribution in [0.25, 0.3) is 0 Å². The number of aryl methyl sites for hydroxylation is 1. The maximum Gasteiger partial charge on any atom is 0.481 e. The van der Waals surface area contributed by atoms with Crippen molar-refractivity contribution in [2.45, 2.75) is 32.1 Å². The molecule has 0 saturated carbocycles. The van der Waals surface area contributed by atoms with E-state index in [0.717, 1.165) is 17.5 Å². The quantitative estimate of drug-likeness (QED) is 0.317. The minimum absolute atomic E-state index is 0.0855. The fourth-order valence-corrected chi connectivity index (χ4v) is 5.05. The van der Waals surface area contributed by atoms with E-state index in [-0.39, 0.29) is 11.9 Å². The maximum absolute atomic E-state index is 11.4. The Labute approximate surface area is 172 Å². The highest BCUT2D eigenvalue weighted by atomic mass is 32.2. The maximum atomic E-state index is 11.4. The number of hydrogen-bond donors (Lipinski definition) is 4. The number of anilines is 1. The number of aldehydes is 1. The van der Waals surface area contributed by atoms with Crippen molar-refractivity contribution in [2.75, 3.05) is 18.2 Å². The second kappa shape index (κ2) is 11.2. The molecule has 1 aliphatic rings. The molecule has 2 rings (SSSR count). The van der Waals surface area contributed by atoms with Crippen molar-refractivity contribution in [3.63, 3.8) is 0 Å². The van der Waals surface area contributed by atoms with E-state index in [1.807, 2.05) is 4.90 Å². The average Bonchev–Trinajstić information content (AvgIpc) is 2.89. The van der Waals surface area contributed by atoms with Crippen LogP contribution in [0.3, 0.4) is 0 Å². The van der Waals surface area contributed by atoms with E-state index >= 15 is 0 Å². The number of phosphoric acid groups is 2. The summed E-state index contributed by atoms with van der Waals surface area (Å²) in [6.45, 7) is 7.46. The smallest absolute Gasteiger partial charge is 0.383 e. The normalized spacial score (nSPS) is 18.7. The van der Waals surface area contributed by atoms with Gasteiger partial charge in [0.05, 0.1) is 12.5 Å². The van der Waals surface area contributed by atoms with Gasteiger partial charge in [0.2, 0.25) is 0 Å². The molecular formula is C14H24N4O8P2S. The Balaban J connectivity index is 0.00000132. The molecule has 164 valence electrons. The van der Waals surface area contributed by atoms with Crippen molar-refractivity contribution in [3.8, 4) is 0 Å². The number of hydrogen-bond acceptors (Lipinski definition) is 10. The summed E-state index contributed by atoms with van der Waals surface area (Å²) in [5, 5.41) is -0.0855. The lowest BCUT2D eigenvalue weighted by Crippen LogP contribution is -2.20. The average molecular weight is 470 g/mol. The van der Waals surface area contributed by atoms with E-state index in [1.54, 1.807) is 24.9 Å². The zero-order chi connectivity index (χ0) is 22.2. The molecule has 1 aliphatic heterocycles. The van der Waals surface area contributed by atoms with E-state index < -0.39 is 15.6 Å². The van der Waals surface area contributed by atoms with Gasteiger partial charge < -0.3 is 30.1 Å². The number of nitrogen functional groups attached to an aromatic ring is 1. The molecule has 0 aliphatic carbocycles. The zero-order valence-corrected chi connectivity index (χ0v) is 18.5. The van der Waals surface area contributed by atoms with Crippen LogP contribution >= 0.6 is 27.4 Å². The fourth-order valence-electron chi connectivity index (χ4n) is 2.23. The van der Waals surface area contributed by atoms with Gasteiger partial charge in [-0.05, 0) is 20.3 Å². The number of rotatable bonds is 8. The van der Waals surface area contributed by atoms with Gasteiger partial charge in [0.25, 0.3) is 0 Å². The molecule has 5 N–H and O–H groups in total. The molecule has 15 heteroatoms. The van der Waals surface area contributed by atoms with Crippen LogP contribution in [0, 0.1) is 6.92 Å². The summed E-state index contributed by atoms with van der Waals surface area (Å²) in [5.41, 5.74) is 7.43. The number of carbonyl (C=O) groups is 1. The first kappa shape index (κ1) is 25.7. The SMILES string of the molecule is C=C1[C@H](CCOP(=O)(O)OP(=O)(O)O)SCN1Cc1cnc(C)nc1N.CC=O. The van der Waals surface area contributed by atoms with Crippen molar-refractivity contribution in [2.24, 2.45) is 0 Å². The lowest BCUT2D eigenvalue weighted by molar-refractivity contribution is -0.106. The Morgan fingerprint density at radius 1 is 1.45 bits per heavy atom. The number of carbonyl (C=O) groups excluding carboxylic acids is 1. The number of nitrogens with zero attached hydrogens (tertiary/aromatic N) is 3. The van der Waals surface area contributed by atoms with Gasteiger partial charge in [0.15, 0.2) is 0 Å². The van der Waals surface area contributed by atoms with E-state index in [2.05, 4.69) is 25.4 Å². The minimum atomic E-state index is -5.11. The predicted octanol–water partition coefficient (Wildman–Crippen LogP) is 1.58. The van der Waals surface area contributed by atoms with E-state index in [4.69, 9.17) is 20.3 Å². The predicted molar refractivity (Wildman–Crippen MR) is 107 cm³/mol. The standard InChI is InChI=1S/C12H20N4O7P2S.C2H4O/c1-8-11(3-4-22-25(20,21)23-24(17,18)19)26-7-16(8)6-10-5-14-9(2)15-12(10)13;1-2-3/h5,11H,1,3-4,6-7H2,2H3,(H,20,21)(H2,13,14,15)(H2,17,18,19);2H,1H3/t11-;/m0./s1. The molecule has 0 radical (unpaired) electrons. The summed E-state index contributed by atoms with van der Waals surface area (Å²) < 4.78 is 30.3. The van der Waals surface area contributed by atoms with Crippen LogP contribution in [0.15, 0.2) is 18.5 Å².